The first-order valence-corrected chi connectivity index (χ1v) is 4.07. The van der Waals surface area contributed by atoms with Gasteiger partial charge in [0.15, 0.2) is 0 Å². The van der Waals surface area contributed by atoms with E-state index in [4.69, 9.17) is 15.3 Å². The molecule has 3 N–H and O–H groups in total. The van der Waals surface area contributed by atoms with Crippen LogP contribution in [0.5, 0.6) is 0 Å². The molecule has 7 nitrogen and oxygen atoms in total. The molecule has 1 aliphatic carbocycles. The molecule has 0 radical (unpaired) electrons. The van der Waals surface area contributed by atoms with Crippen molar-refractivity contribution in [3.05, 3.63) is 0 Å². The maximum Gasteiger partial charge on any atom is 0.314 e. The van der Waals surface area contributed by atoms with E-state index in [1.165, 1.54) is 0 Å². The monoisotopic (exact) mass is 216 g/mol. The molecule has 1 aliphatic rings. The lowest BCUT2D eigenvalue weighted by molar-refractivity contribution is -0.158. The molecule has 0 heterocycles. The van der Waals surface area contributed by atoms with Crippen LogP contribution in [0.1, 0.15) is 6.42 Å². The second-order valence-electron chi connectivity index (χ2n) is 3.30. The van der Waals surface area contributed by atoms with Crippen molar-refractivity contribution >= 4 is 23.7 Å². The van der Waals surface area contributed by atoms with Gasteiger partial charge in [-0.25, -0.2) is 0 Å². The molecule has 1 saturated carbocycles. The van der Waals surface area contributed by atoms with Crippen LogP contribution >= 0.6 is 0 Å². The summed E-state index contributed by atoms with van der Waals surface area (Å²) in [6.45, 7) is 0. The molecule has 3 atom stereocenters. The van der Waals surface area contributed by atoms with Crippen LogP contribution < -0.4 is 0 Å². The van der Waals surface area contributed by atoms with E-state index in [2.05, 4.69) is 0 Å². The molecule has 1 fully saturated rings. The number of ketones is 1. The molecular formula is C8H8O7. The lowest BCUT2D eigenvalue weighted by Crippen LogP contribution is -2.34. The van der Waals surface area contributed by atoms with Gasteiger partial charge in [0, 0.05) is 6.42 Å². The minimum absolute atomic E-state index is 0.538. The van der Waals surface area contributed by atoms with Crippen molar-refractivity contribution in [3.8, 4) is 0 Å². The molecule has 3 unspecified atom stereocenters. The Balaban J connectivity index is 3.09. The van der Waals surface area contributed by atoms with Crippen molar-refractivity contribution in [3.63, 3.8) is 0 Å². The van der Waals surface area contributed by atoms with Gasteiger partial charge in [-0.05, 0) is 0 Å². The van der Waals surface area contributed by atoms with Crippen molar-refractivity contribution in [1.82, 2.24) is 0 Å². The van der Waals surface area contributed by atoms with Crippen LogP contribution in [0, 0.1) is 17.8 Å². The molecule has 0 spiro atoms. The summed E-state index contributed by atoms with van der Waals surface area (Å²) in [5.41, 5.74) is 0. The highest BCUT2D eigenvalue weighted by Crippen LogP contribution is 2.35. The summed E-state index contributed by atoms with van der Waals surface area (Å²) in [5, 5.41) is 26.0. The van der Waals surface area contributed by atoms with Crippen molar-refractivity contribution in [2.75, 3.05) is 0 Å². The fourth-order valence-electron chi connectivity index (χ4n) is 1.75. The minimum atomic E-state index is -1.75. The number of aliphatic carboxylic acids is 3. The van der Waals surface area contributed by atoms with E-state index in [9.17, 15) is 19.2 Å². The standard InChI is InChI=1S/C8H8O7/c9-3-1-2(6(10)11)4(7(12)13)5(3)8(14)15/h2,4-5H,1H2,(H,10,11)(H,12,13)(H,14,15). The van der Waals surface area contributed by atoms with Crippen LogP contribution in [0.3, 0.4) is 0 Å². The van der Waals surface area contributed by atoms with E-state index in [0.29, 0.717) is 0 Å². The van der Waals surface area contributed by atoms with E-state index < -0.39 is 47.9 Å². The third kappa shape index (κ3) is 1.80. The first-order valence-electron chi connectivity index (χ1n) is 4.07. The summed E-state index contributed by atoms with van der Waals surface area (Å²) >= 11 is 0. The van der Waals surface area contributed by atoms with Gasteiger partial charge in [0.25, 0.3) is 0 Å². The highest BCUT2D eigenvalue weighted by atomic mass is 16.4. The fourth-order valence-corrected chi connectivity index (χ4v) is 1.75. The zero-order valence-electron chi connectivity index (χ0n) is 7.41. The average molecular weight is 216 g/mol. The summed E-state index contributed by atoms with van der Waals surface area (Å²) in [6.07, 6.45) is -0.538. The van der Waals surface area contributed by atoms with Gasteiger partial charge in [-0.15, -0.1) is 0 Å². The highest BCUT2D eigenvalue weighted by Gasteiger charge is 2.53. The molecule has 0 aromatic carbocycles. The molecule has 0 aromatic heterocycles. The second-order valence-corrected chi connectivity index (χ2v) is 3.30. The Morgan fingerprint density at radius 2 is 1.53 bits per heavy atom. The summed E-state index contributed by atoms with van der Waals surface area (Å²) in [5.74, 6) is -10.3. The Labute approximate surface area is 83.3 Å². The van der Waals surface area contributed by atoms with Crippen molar-refractivity contribution in [1.29, 1.82) is 0 Å². The van der Waals surface area contributed by atoms with Crippen LogP contribution in [0.2, 0.25) is 0 Å². The Morgan fingerprint density at radius 1 is 1.00 bits per heavy atom. The maximum atomic E-state index is 11.1. The predicted octanol–water partition coefficient (Wildman–Crippen LogP) is -0.938. The van der Waals surface area contributed by atoms with Gasteiger partial charge in [0.05, 0.1) is 11.8 Å². The summed E-state index contributed by atoms with van der Waals surface area (Å²) < 4.78 is 0. The zero-order valence-corrected chi connectivity index (χ0v) is 7.41. The van der Waals surface area contributed by atoms with Gasteiger partial charge < -0.3 is 15.3 Å². The third-order valence-electron chi connectivity index (χ3n) is 2.43. The zero-order chi connectivity index (χ0) is 11.7. The van der Waals surface area contributed by atoms with E-state index >= 15 is 0 Å². The molecule has 0 aromatic rings. The van der Waals surface area contributed by atoms with Gasteiger partial charge in [-0.3, -0.25) is 19.2 Å². The first kappa shape index (κ1) is 11.2. The average Bonchev–Trinajstić information content (AvgIpc) is 2.42. The molecule has 82 valence electrons. The number of hydrogen-bond donors (Lipinski definition) is 3. The number of rotatable bonds is 3. The molecule has 0 bridgehead atoms. The highest BCUT2D eigenvalue weighted by molar-refractivity contribution is 6.06. The number of carbonyl (C=O) groups is 4. The van der Waals surface area contributed by atoms with Crippen LogP contribution in [0.15, 0.2) is 0 Å². The van der Waals surface area contributed by atoms with Gasteiger partial charge >= 0.3 is 17.9 Å². The number of carbonyl (C=O) groups excluding carboxylic acids is 1. The summed E-state index contributed by atoms with van der Waals surface area (Å²) in [6, 6.07) is 0. The van der Waals surface area contributed by atoms with Gasteiger partial charge in [0.1, 0.15) is 11.7 Å². The first-order chi connectivity index (χ1) is 6.86. The predicted molar refractivity (Wildman–Crippen MR) is 43.0 cm³/mol. The second kappa shape index (κ2) is 3.68. The fraction of sp³-hybridized carbons (Fsp3) is 0.500. The molecule has 0 aliphatic heterocycles. The topological polar surface area (TPSA) is 129 Å². The number of carboxylic acid groups (broad SMARTS) is 3. The van der Waals surface area contributed by atoms with E-state index in [1.807, 2.05) is 0 Å². The Kier molecular flexibility index (Phi) is 2.74. The largest absolute Gasteiger partial charge is 0.481 e. The van der Waals surface area contributed by atoms with E-state index in [1.54, 1.807) is 0 Å². The van der Waals surface area contributed by atoms with E-state index in [0.717, 1.165) is 0 Å². The Bertz CT molecular complexity index is 345. The van der Waals surface area contributed by atoms with Crippen LogP contribution in [0.4, 0.5) is 0 Å². The van der Waals surface area contributed by atoms with Crippen LogP contribution in [-0.4, -0.2) is 39.0 Å². The van der Waals surface area contributed by atoms with Gasteiger partial charge in [-0.1, -0.05) is 0 Å². The molecule has 7 heteroatoms. The number of carboxylic acids is 3. The van der Waals surface area contributed by atoms with Crippen molar-refractivity contribution < 1.29 is 34.5 Å². The third-order valence-corrected chi connectivity index (χ3v) is 2.43. The number of hydrogen-bond acceptors (Lipinski definition) is 4. The maximum absolute atomic E-state index is 11.1. The van der Waals surface area contributed by atoms with Gasteiger partial charge in [-0.2, -0.15) is 0 Å². The molecule has 15 heavy (non-hydrogen) atoms. The lowest BCUT2D eigenvalue weighted by atomic mass is 9.89. The molecular weight excluding hydrogens is 208 g/mol. The molecule has 0 saturated heterocycles. The van der Waals surface area contributed by atoms with E-state index in [-0.39, 0.29) is 0 Å². The molecule has 0 amide bonds. The summed E-state index contributed by atoms with van der Waals surface area (Å²) in [7, 11) is 0. The minimum Gasteiger partial charge on any atom is -0.481 e. The van der Waals surface area contributed by atoms with Crippen molar-refractivity contribution in [2.45, 2.75) is 6.42 Å². The quantitative estimate of drug-likeness (QED) is 0.519. The smallest absolute Gasteiger partial charge is 0.314 e. The SMILES string of the molecule is O=C(O)C1CC(=O)C(C(=O)O)C1C(=O)O. The molecule has 1 rings (SSSR count). The van der Waals surface area contributed by atoms with Crippen molar-refractivity contribution in [2.24, 2.45) is 17.8 Å². The van der Waals surface area contributed by atoms with Crippen LogP contribution in [0.25, 0.3) is 0 Å². The Morgan fingerprint density at radius 3 is 1.87 bits per heavy atom. The number of Topliss-reactive ketones (excluding diaryl/α,β-unsaturated/α-hetero) is 1. The van der Waals surface area contributed by atoms with Crippen LogP contribution in [-0.2, 0) is 19.2 Å². The Hall–Kier alpha value is -1.92. The normalized spacial score (nSPS) is 30.1. The summed E-state index contributed by atoms with van der Waals surface area (Å²) in [4.78, 5) is 43.1. The lowest BCUT2D eigenvalue weighted by Gasteiger charge is -2.13. The van der Waals surface area contributed by atoms with Gasteiger partial charge in [0.2, 0.25) is 0 Å².